The maximum atomic E-state index is 9.60. The Morgan fingerprint density at radius 2 is 1.50 bits per heavy atom. The van der Waals surface area contributed by atoms with Gasteiger partial charge in [-0.05, 0) is 46.7 Å². The van der Waals surface area contributed by atoms with Crippen LogP contribution >= 0.6 is 0 Å². The zero-order valence-corrected chi connectivity index (χ0v) is 10.8. The number of hydrogen-bond acceptors (Lipinski definition) is 3. The van der Waals surface area contributed by atoms with Crippen LogP contribution in [0.2, 0.25) is 0 Å². The van der Waals surface area contributed by atoms with E-state index in [-0.39, 0.29) is 5.60 Å². The molecule has 0 aromatic carbocycles. The molecule has 1 saturated heterocycles. The lowest BCUT2D eigenvalue weighted by Gasteiger charge is -2.14. The zero-order chi connectivity index (χ0) is 12.9. The number of carbonyl (C=O) groups excluding carboxylic acids is 1. The van der Waals surface area contributed by atoms with Crippen LogP contribution in [0.1, 0.15) is 46.5 Å². The van der Waals surface area contributed by atoms with E-state index in [0.29, 0.717) is 6.47 Å². The second-order valence-electron chi connectivity index (χ2n) is 4.49. The monoisotopic (exact) mass is 227 g/mol. The van der Waals surface area contributed by atoms with Gasteiger partial charge in [0.05, 0.1) is 0 Å². The first kappa shape index (κ1) is 17.4. The highest BCUT2D eigenvalue weighted by Crippen LogP contribution is 2.02. The number of rotatable bonds is 1. The van der Waals surface area contributed by atoms with Crippen LogP contribution in [0.25, 0.3) is 0 Å². The van der Waals surface area contributed by atoms with Gasteiger partial charge in [0.1, 0.15) is 5.60 Å². The summed E-state index contributed by atoms with van der Waals surface area (Å²) in [4.78, 5) is 9.60. The molecule has 0 unspecified atom stereocenters. The van der Waals surface area contributed by atoms with Gasteiger partial charge in [-0.25, -0.2) is 0 Å². The van der Waals surface area contributed by atoms with Gasteiger partial charge in [0.2, 0.25) is 0 Å². The highest BCUT2D eigenvalue weighted by atomic mass is 16.5. The summed E-state index contributed by atoms with van der Waals surface area (Å²) >= 11 is 0. The van der Waals surface area contributed by atoms with Gasteiger partial charge in [0.15, 0.2) is 0 Å². The lowest BCUT2D eigenvalue weighted by molar-refractivity contribution is -0.138. The minimum atomic E-state index is -0.318. The molecule has 0 aromatic heterocycles. The van der Waals surface area contributed by atoms with E-state index in [1.807, 2.05) is 20.8 Å². The summed E-state index contributed by atoms with van der Waals surface area (Å²) in [5.74, 6) is 0. The normalized spacial score (nSPS) is 15.3. The fraction of sp³-hybridized carbons (Fsp3) is 0.769. The molecule has 0 bridgehead atoms. The lowest BCUT2D eigenvalue weighted by atomic mass is 10.2. The van der Waals surface area contributed by atoms with Crippen LogP contribution in [-0.2, 0) is 9.53 Å². The zero-order valence-electron chi connectivity index (χ0n) is 10.8. The molecule has 0 spiro atoms. The molecule has 1 rings (SSSR count). The van der Waals surface area contributed by atoms with Crippen LogP contribution in [-0.4, -0.2) is 25.2 Å². The first-order valence-corrected chi connectivity index (χ1v) is 5.72. The molecule has 16 heavy (non-hydrogen) atoms. The summed E-state index contributed by atoms with van der Waals surface area (Å²) < 4.78 is 4.55. The summed E-state index contributed by atoms with van der Waals surface area (Å²) in [6, 6.07) is 0. The van der Waals surface area contributed by atoms with E-state index in [4.69, 9.17) is 0 Å². The quantitative estimate of drug-likeness (QED) is 0.552. The molecule has 3 heteroatoms. The number of terminal acetylenes is 1. The van der Waals surface area contributed by atoms with Gasteiger partial charge in [-0.1, -0.05) is 12.8 Å². The Bertz CT molecular complexity index is 151. The van der Waals surface area contributed by atoms with Crippen molar-refractivity contribution in [2.75, 3.05) is 13.1 Å². The van der Waals surface area contributed by atoms with Gasteiger partial charge in [0, 0.05) is 0 Å². The summed E-state index contributed by atoms with van der Waals surface area (Å²) in [5, 5.41) is 3.35. The van der Waals surface area contributed by atoms with E-state index in [1.165, 1.54) is 38.8 Å². The SMILES string of the molecule is C#C.C1CCCNCC1.CC(C)(C)OC=O. The van der Waals surface area contributed by atoms with E-state index in [2.05, 4.69) is 22.9 Å². The van der Waals surface area contributed by atoms with E-state index in [1.54, 1.807) is 0 Å². The largest absolute Gasteiger partial charge is 0.462 e. The van der Waals surface area contributed by atoms with E-state index < -0.39 is 0 Å². The maximum Gasteiger partial charge on any atom is 0.293 e. The third kappa shape index (κ3) is 18.7. The van der Waals surface area contributed by atoms with Crippen molar-refractivity contribution in [3.05, 3.63) is 0 Å². The molecule has 1 aliphatic rings. The molecule has 1 heterocycles. The van der Waals surface area contributed by atoms with Crippen LogP contribution in [0.5, 0.6) is 0 Å². The molecule has 1 fully saturated rings. The molecule has 1 N–H and O–H groups in total. The standard InChI is InChI=1S/C6H13N.C5H10O2.C2H2/c1-2-4-6-7-5-3-1;1-5(2,3)7-4-6;1-2/h7H,1-6H2;4H,1-3H3;1-2H. The van der Waals surface area contributed by atoms with Crippen molar-refractivity contribution in [3.63, 3.8) is 0 Å². The topological polar surface area (TPSA) is 38.3 Å². The fourth-order valence-electron chi connectivity index (χ4n) is 1.12. The fourth-order valence-corrected chi connectivity index (χ4v) is 1.12. The lowest BCUT2D eigenvalue weighted by Crippen LogP contribution is -2.17. The Labute approximate surface area is 99.9 Å². The van der Waals surface area contributed by atoms with Gasteiger partial charge < -0.3 is 10.1 Å². The van der Waals surface area contributed by atoms with E-state index >= 15 is 0 Å². The van der Waals surface area contributed by atoms with Crippen molar-refractivity contribution >= 4 is 6.47 Å². The Hall–Kier alpha value is -1.01. The van der Waals surface area contributed by atoms with Crippen molar-refractivity contribution in [2.24, 2.45) is 0 Å². The molecule has 0 radical (unpaired) electrons. The second kappa shape index (κ2) is 12.1. The summed E-state index contributed by atoms with van der Waals surface area (Å²) in [7, 11) is 0. The molecular weight excluding hydrogens is 202 g/mol. The third-order valence-electron chi connectivity index (χ3n) is 1.86. The predicted octanol–water partition coefficient (Wildman–Crippen LogP) is 2.36. The van der Waals surface area contributed by atoms with Gasteiger partial charge >= 0.3 is 0 Å². The molecule has 0 aromatic rings. The molecule has 0 atom stereocenters. The average Bonchev–Trinajstić information content (AvgIpc) is 2.51. The van der Waals surface area contributed by atoms with E-state index in [0.717, 1.165) is 0 Å². The highest BCUT2D eigenvalue weighted by Gasteiger charge is 2.07. The van der Waals surface area contributed by atoms with Crippen molar-refractivity contribution in [1.29, 1.82) is 0 Å². The van der Waals surface area contributed by atoms with Crippen LogP contribution in [0.4, 0.5) is 0 Å². The molecule has 0 saturated carbocycles. The van der Waals surface area contributed by atoms with Crippen LogP contribution in [0, 0.1) is 12.8 Å². The van der Waals surface area contributed by atoms with Gasteiger partial charge in [-0.15, -0.1) is 12.8 Å². The number of ether oxygens (including phenoxy) is 1. The molecule has 0 aliphatic carbocycles. The van der Waals surface area contributed by atoms with Crippen molar-refractivity contribution in [3.8, 4) is 12.8 Å². The van der Waals surface area contributed by atoms with Crippen LogP contribution in [0.15, 0.2) is 0 Å². The van der Waals surface area contributed by atoms with Crippen molar-refractivity contribution in [1.82, 2.24) is 5.32 Å². The summed E-state index contributed by atoms with van der Waals surface area (Å²) in [5.41, 5.74) is -0.318. The summed E-state index contributed by atoms with van der Waals surface area (Å²) in [6.45, 7) is 8.42. The maximum absolute atomic E-state index is 9.60. The smallest absolute Gasteiger partial charge is 0.293 e. The minimum Gasteiger partial charge on any atom is -0.462 e. The number of nitrogens with one attached hydrogen (secondary N) is 1. The Balaban J connectivity index is 0. The minimum absolute atomic E-state index is 0.318. The first-order valence-electron chi connectivity index (χ1n) is 5.72. The van der Waals surface area contributed by atoms with Gasteiger partial charge in [0.25, 0.3) is 6.47 Å². The Morgan fingerprint density at radius 3 is 1.75 bits per heavy atom. The van der Waals surface area contributed by atoms with Gasteiger partial charge in [-0.3, -0.25) is 4.79 Å². The van der Waals surface area contributed by atoms with E-state index in [9.17, 15) is 4.79 Å². The summed E-state index contributed by atoms with van der Waals surface area (Å²) in [6.07, 6.45) is 13.7. The number of hydrogen-bond donors (Lipinski definition) is 1. The number of carbonyl (C=O) groups is 1. The van der Waals surface area contributed by atoms with Crippen LogP contribution in [0.3, 0.4) is 0 Å². The second-order valence-corrected chi connectivity index (χ2v) is 4.49. The highest BCUT2D eigenvalue weighted by molar-refractivity contribution is 5.37. The van der Waals surface area contributed by atoms with Crippen LogP contribution < -0.4 is 5.32 Å². The Kier molecular flexibility index (Phi) is 13.1. The Morgan fingerprint density at radius 1 is 1.06 bits per heavy atom. The molecule has 3 nitrogen and oxygen atoms in total. The molecular formula is C13H25NO2. The molecule has 94 valence electrons. The van der Waals surface area contributed by atoms with Crippen molar-refractivity contribution < 1.29 is 9.53 Å². The molecule has 0 amide bonds. The predicted molar refractivity (Wildman–Crippen MR) is 68.1 cm³/mol. The third-order valence-corrected chi connectivity index (χ3v) is 1.86. The molecule has 1 aliphatic heterocycles. The first-order chi connectivity index (χ1) is 7.56. The average molecular weight is 227 g/mol. The van der Waals surface area contributed by atoms with Crippen molar-refractivity contribution in [2.45, 2.75) is 52.1 Å². The van der Waals surface area contributed by atoms with Gasteiger partial charge in [-0.2, -0.15) is 0 Å².